The van der Waals surface area contributed by atoms with E-state index in [1.165, 1.54) is 12.4 Å². The van der Waals surface area contributed by atoms with E-state index in [1.807, 2.05) is 19.2 Å². The predicted molar refractivity (Wildman–Crippen MR) is 136 cm³/mol. The molecule has 0 saturated carbocycles. The van der Waals surface area contributed by atoms with Crippen molar-refractivity contribution in [2.75, 3.05) is 37.5 Å². The molecule has 178 valence electrons. The van der Waals surface area contributed by atoms with Crippen LogP contribution in [0.1, 0.15) is 6.42 Å². The fourth-order valence-electron chi connectivity index (χ4n) is 3.37. The quantitative estimate of drug-likeness (QED) is 0.285. The minimum absolute atomic E-state index is 0. The molecule has 0 amide bonds. The van der Waals surface area contributed by atoms with E-state index in [0.29, 0.717) is 39.8 Å². The van der Waals surface area contributed by atoms with Crippen molar-refractivity contribution in [1.82, 2.24) is 15.0 Å². The van der Waals surface area contributed by atoms with Gasteiger partial charge in [0.2, 0.25) is 0 Å². The fourth-order valence-corrected chi connectivity index (χ4v) is 3.52. The molecule has 0 spiro atoms. The van der Waals surface area contributed by atoms with Crippen molar-refractivity contribution < 1.29 is 13.9 Å². The second-order valence-electron chi connectivity index (χ2n) is 7.32. The van der Waals surface area contributed by atoms with Crippen LogP contribution in [0.2, 0.25) is 5.02 Å². The van der Waals surface area contributed by atoms with Gasteiger partial charge in [-0.15, -0.1) is 12.4 Å². The normalized spacial score (nSPS) is 10.5. The van der Waals surface area contributed by atoms with Gasteiger partial charge in [-0.2, -0.15) is 0 Å². The van der Waals surface area contributed by atoms with E-state index in [1.54, 1.807) is 43.8 Å². The first-order valence-electron chi connectivity index (χ1n) is 10.3. The lowest BCUT2D eigenvalue weighted by Gasteiger charge is -2.19. The van der Waals surface area contributed by atoms with Crippen LogP contribution in [0.3, 0.4) is 0 Å². The Hall–Kier alpha value is -3.36. The Morgan fingerprint density at radius 2 is 1.85 bits per heavy atom. The number of nitrogens with zero attached hydrogens (tertiary/aromatic N) is 4. The van der Waals surface area contributed by atoms with Crippen molar-refractivity contribution in [1.29, 1.82) is 0 Å². The van der Waals surface area contributed by atoms with E-state index < -0.39 is 5.82 Å². The van der Waals surface area contributed by atoms with Gasteiger partial charge in [-0.3, -0.25) is 4.98 Å². The number of nitrogens with one attached hydrogen (secondary N) is 1. The molecule has 2 heterocycles. The molecule has 0 unspecified atom stereocenters. The lowest BCUT2D eigenvalue weighted by molar-refractivity contribution is 0.291. The topological polar surface area (TPSA) is 72.4 Å². The fraction of sp³-hybridized carbons (Fsp3) is 0.208. The first-order chi connectivity index (χ1) is 16.0. The molecule has 0 aliphatic heterocycles. The highest BCUT2D eigenvalue weighted by Gasteiger charge is 2.13. The second kappa shape index (κ2) is 11.7. The summed E-state index contributed by atoms with van der Waals surface area (Å²) >= 11 is 5.84. The van der Waals surface area contributed by atoms with E-state index in [0.717, 1.165) is 18.7 Å². The van der Waals surface area contributed by atoms with Crippen LogP contribution in [-0.4, -0.2) is 42.3 Å². The highest BCUT2D eigenvalue weighted by molar-refractivity contribution is 6.30. The van der Waals surface area contributed by atoms with Gasteiger partial charge in [-0.25, -0.2) is 14.4 Å². The van der Waals surface area contributed by atoms with E-state index in [2.05, 4.69) is 25.2 Å². The first-order valence-corrected chi connectivity index (χ1v) is 10.7. The van der Waals surface area contributed by atoms with Gasteiger partial charge in [0.15, 0.2) is 11.5 Å². The summed E-state index contributed by atoms with van der Waals surface area (Å²) in [6.07, 6.45) is 5.77. The SMILES string of the molecule is COc1cc2c(Nc3ccc(Cl)cc3F)ncnc2cc1OCCCN(C)c1ccncc1.Cl. The zero-order valence-corrected chi connectivity index (χ0v) is 20.2. The molecule has 4 rings (SSSR count). The summed E-state index contributed by atoms with van der Waals surface area (Å²) in [6.45, 7) is 1.33. The number of pyridine rings is 1. The maximum absolute atomic E-state index is 14.2. The summed E-state index contributed by atoms with van der Waals surface area (Å²) in [6, 6.07) is 11.9. The van der Waals surface area contributed by atoms with Crippen molar-refractivity contribution in [3.05, 3.63) is 72.0 Å². The Labute approximate surface area is 208 Å². The third kappa shape index (κ3) is 5.95. The Kier molecular flexibility index (Phi) is 8.67. The summed E-state index contributed by atoms with van der Waals surface area (Å²) in [7, 11) is 3.60. The van der Waals surface area contributed by atoms with Crippen LogP contribution < -0.4 is 19.7 Å². The van der Waals surface area contributed by atoms with Gasteiger partial charge in [0.25, 0.3) is 0 Å². The van der Waals surface area contributed by atoms with E-state index in [4.69, 9.17) is 21.1 Å². The van der Waals surface area contributed by atoms with Crippen molar-refractivity contribution >= 4 is 52.1 Å². The number of rotatable bonds is 9. The molecule has 0 fully saturated rings. The Morgan fingerprint density at radius 3 is 2.59 bits per heavy atom. The lowest BCUT2D eigenvalue weighted by atomic mass is 10.2. The van der Waals surface area contributed by atoms with Gasteiger partial charge < -0.3 is 19.7 Å². The molecule has 0 atom stereocenters. The predicted octanol–water partition coefficient (Wildman–Crippen LogP) is 5.90. The second-order valence-corrected chi connectivity index (χ2v) is 7.76. The minimum Gasteiger partial charge on any atom is -0.493 e. The molecule has 0 saturated heterocycles. The highest BCUT2D eigenvalue weighted by Crippen LogP contribution is 2.35. The molecular formula is C24H24Cl2FN5O2. The van der Waals surface area contributed by atoms with Crippen molar-refractivity contribution in [3.8, 4) is 11.5 Å². The average molecular weight is 504 g/mol. The van der Waals surface area contributed by atoms with Gasteiger partial charge in [-0.1, -0.05) is 11.6 Å². The maximum atomic E-state index is 14.2. The van der Waals surface area contributed by atoms with Crippen LogP contribution in [-0.2, 0) is 0 Å². The van der Waals surface area contributed by atoms with Gasteiger partial charge in [0.05, 0.1) is 24.9 Å². The number of ether oxygens (including phenoxy) is 2. The molecule has 4 aromatic rings. The molecule has 0 aliphatic rings. The number of fused-ring (bicyclic) bond motifs is 1. The molecule has 1 N–H and O–H groups in total. The lowest BCUT2D eigenvalue weighted by Crippen LogP contribution is -2.20. The van der Waals surface area contributed by atoms with Crippen LogP contribution >= 0.6 is 24.0 Å². The largest absolute Gasteiger partial charge is 0.493 e. The van der Waals surface area contributed by atoms with Crippen LogP contribution in [0.5, 0.6) is 11.5 Å². The summed E-state index contributed by atoms with van der Waals surface area (Å²) in [4.78, 5) is 14.8. The van der Waals surface area contributed by atoms with Crippen LogP contribution in [0.15, 0.2) is 61.2 Å². The van der Waals surface area contributed by atoms with Gasteiger partial charge in [0, 0.05) is 48.1 Å². The summed E-state index contributed by atoms with van der Waals surface area (Å²) in [5.41, 5.74) is 2.01. The number of aromatic nitrogens is 3. The number of anilines is 3. The Balaban J connectivity index is 0.00000324. The summed E-state index contributed by atoms with van der Waals surface area (Å²) < 4.78 is 25.8. The molecule has 0 radical (unpaired) electrons. The number of methoxy groups -OCH3 is 1. The van der Waals surface area contributed by atoms with Crippen molar-refractivity contribution in [3.63, 3.8) is 0 Å². The van der Waals surface area contributed by atoms with Crippen LogP contribution in [0.4, 0.5) is 21.6 Å². The monoisotopic (exact) mass is 503 g/mol. The van der Waals surface area contributed by atoms with E-state index in [-0.39, 0.29) is 18.1 Å². The van der Waals surface area contributed by atoms with Gasteiger partial charge in [0.1, 0.15) is 18.0 Å². The third-order valence-electron chi connectivity index (χ3n) is 5.10. The molecule has 2 aromatic heterocycles. The van der Waals surface area contributed by atoms with E-state index >= 15 is 0 Å². The molecule has 0 aliphatic carbocycles. The molecule has 2 aromatic carbocycles. The average Bonchev–Trinajstić information content (AvgIpc) is 2.83. The number of benzene rings is 2. The number of hydrogen-bond acceptors (Lipinski definition) is 7. The van der Waals surface area contributed by atoms with E-state index in [9.17, 15) is 4.39 Å². The maximum Gasteiger partial charge on any atom is 0.163 e. The highest BCUT2D eigenvalue weighted by atomic mass is 35.5. The molecule has 10 heteroatoms. The Bertz CT molecular complexity index is 1250. The van der Waals surface area contributed by atoms with Crippen LogP contribution in [0.25, 0.3) is 10.9 Å². The first kappa shape index (κ1) is 25.3. The molecule has 7 nitrogen and oxygen atoms in total. The summed E-state index contributed by atoms with van der Waals surface area (Å²) in [5, 5.41) is 4.00. The number of hydrogen-bond donors (Lipinski definition) is 1. The molecule has 34 heavy (non-hydrogen) atoms. The zero-order chi connectivity index (χ0) is 23.2. The number of halogens is 3. The van der Waals surface area contributed by atoms with Crippen molar-refractivity contribution in [2.24, 2.45) is 0 Å². The third-order valence-corrected chi connectivity index (χ3v) is 5.34. The molecule has 0 bridgehead atoms. The standard InChI is InChI=1S/C24H23ClFN5O2.ClH/c1-31(17-6-8-27-9-7-17)10-3-11-33-23-14-21-18(13-22(23)32-2)24(29-15-28-21)30-20-5-4-16(25)12-19(20)26;/h4-9,12-15H,3,10-11H2,1-2H3,(H,28,29,30);1H. The smallest absolute Gasteiger partial charge is 0.163 e. The van der Waals surface area contributed by atoms with Crippen LogP contribution in [0, 0.1) is 5.82 Å². The van der Waals surface area contributed by atoms with Gasteiger partial charge in [-0.05, 0) is 42.8 Å². The Morgan fingerprint density at radius 1 is 1.06 bits per heavy atom. The summed E-state index contributed by atoms with van der Waals surface area (Å²) in [5.74, 6) is 1.10. The van der Waals surface area contributed by atoms with Gasteiger partial charge >= 0.3 is 0 Å². The minimum atomic E-state index is -0.474. The molecular weight excluding hydrogens is 480 g/mol. The zero-order valence-electron chi connectivity index (χ0n) is 18.7. The van der Waals surface area contributed by atoms with Crippen molar-refractivity contribution in [2.45, 2.75) is 6.42 Å².